The maximum atomic E-state index is 12.2. The molecule has 0 saturated heterocycles. The van der Waals surface area contributed by atoms with E-state index in [1.807, 2.05) is 6.92 Å². The highest BCUT2D eigenvalue weighted by molar-refractivity contribution is 7.89. The van der Waals surface area contributed by atoms with Crippen molar-refractivity contribution >= 4 is 15.9 Å². The lowest BCUT2D eigenvalue weighted by Crippen LogP contribution is -2.46. The molecule has 6 nitrogen and oxygen atoms in total. The summed E-state index contributed by atoms with van der Waals surface area (Å²) in [6.07, 6.45) is 0.365. The number of sulfonamides is 1. The summed E-state index contributed by atoms with van der Waals surface area (Å²) < 4.78 is 31.7. The molecule has 0 radical (unpaired) electrons. The van der Waals surface area contributed by atoms with E-state index in [1.54, 1.807) is 19.1 Å². The van der Waals surface area contributed by atoms with E-state index in [1.165, 1.54) is 19.2 Å². The fourth-order valence-electron chi connectivity index (χ4n) is 1.69. The van der Waals surface area contributed by atoms with Gasteiger partial charge in [-0.3, -0.25) is 4.79 Å². The van der Waals surface area contributed by atoms with Crippen molar-refractivity contribution in [2.75, 3.05) is 20.3 Å². The zero-order valence-corrected chi connectivity index (χ0v) is 13.4. The minimum absolute atomic E-state index is 0.149. The van der Waals surface area contributed by atoms with Gasteiger partial charge in [0.25, 0.3) is 0 Å². The van der Waals surface area contributed by atoms with E-state index in [-0.39, 0.29) is 10.8 Å². The molecule has 7 heteroatoms. The molecule has 0 saturated carbocycles. The zero-order chi connectivity index (χ0) is 15.9. The first kappa shape index (κ1) is 17.6. The smallest absolute Gasteiger partial charge is 0.241 e. The monoisotopic (exact) mass is 314 g/mol. The molecule has 1 aromatic carbocycles. The Balaban J connectivity index is 2.75. The molecule has 0 fully saturated rings. The molecule has 118 valence electrons. The van der Waals surface area contributed by atoms with E-state index in [9.17, 15) is 13.2 Å². The molecule has 0 aliphatic rings. The van der Waals surface area contributed by atoms with Crippen molar-refractivity contribution in [3.05, 3.63) is 29.8 Å². The van der Waals surface area contributed by atoms with Crippen LogP contribution in [0.2, 0.25) is 0 Å². The summed E-state index contributed by atoms with van der Waals surface area (Å²) in [5.74, 6) is -0.356. The van der Waals surface area contributed by atoms with E-state index in [0.29, 0.717) is 19.6 Å². The van der Waals surface area contributed by atoms with Gasteiger partial charge in [-0.2, -0.15) is 4.72 Å². The molecule has 0 heterocycles. The van der Waals surface area contributed by atoms with Crippen LogP contribution in [0, 0.1) is 6.92 Å². The number of carbonyl (C=O) groups is 1. The summed E-state index contributed by atoms with van der Waals surface area (Å²) in [5, 5.41) is 2.63. The summed E-state index contributed by atoms with van der Waals surface area (Å²) in [6, 6.07) is 5.68. The molecule has 2 N–H and O–H groups in total. The molecular weight excluding hydrogens is 292 g/mol. The van der Waals surface area contributed by atoms with E-state index >= 15 is 0 Å². The molecule has 0 unspecified atom stereocenters. The lowest BCUT2D eigenvalue weighted by Gasteiger charge is -2.17. The van der Waals surface area contributed by atoms with Gasteiger partial charge in [0.15, 0.2) is 0 Å². The van der Waals surface area contributed by atoms with Gasteiger partial charge in [-0.25, -0.2) is 8.42 Å². The predicted octanol–water partition coefficient (Wildman–Crippen LogP) is 0.815. The maximum absolute atomic E-state index is 12.2. The highest BCUT2D eigenvalue weighted by atomic mass is 32.2. The molecule has 0 aromatic heterocycles. The average Bonchev–Trinajstić information content (AvgIpc) is 2.45. The second-order valence-corrected chi connectivity index (χ2v) is 6.39. The fourth-order valence-corrected chi connectivity index (χ4v) is 2.97. The molecule has 1 amide bonds. The topological polar surface area (TPSA) is 84.5 Å². The predicted molar refractivity (Wildman–Crippen MR) is 80.5 cm³/mol. The van der Waals surface area contributed by atoms with Crippen molar-refractivity contribution in [2.45, 2.75) is 31.2 Å². The number of rotatable bonds is 8. The molecule has 0 aliphatic carbocycles. The lowest BCUT2D eigenvalue weighted by atomic mass is 10.2. The quantitative estimate of drug-likeness (QED) is 0.696. The highest BCUT2D eigenvalue weighted by Crippen LogP contribution is 2.11. The van der Waals surface area contributed by atoms with Gasteiger partial charge in [-0.1, -0.05) is 24.6 Å². The van der Waals surface area contributed by atoms with Gasteiger partial charge in [0, 0.05) is 13.7 Å². The molecule has 0 bridgehead atoms. The van der Waals surface area contributed by atoms with Crippen molar-refractivity contribution < 1.29 is 17.9 Å². The van der Waals surface area contributed by atoms with Gasteiger partial charge in [-0.15, -0.1) is 0 Å². The third-order valence-electron chi connectivity index (χ3n) is 2.96. The van der Waals surface area contributed by atoms with Gasteiger partial charge in [0.2, 0.25) is 15.9 Å². The van der Waals surface area contributed by atoms with Crippen LogP contribution in [0.25, 0.3) is 0 Å². The van der Waals surface area contributed by atoms with Crippen molar-refractivity contribution in [2.24, 2.45) is 0 Å². The van der Waals surface area contributed by atoms with Crippen LogP contribution in [0.1, 0.15) is 18.9 Å². The van der Waals surface area contributed by atoms with Crippen LogP contribution in [-0.4, -0.2) is 40.6 Å². The summed E-state index contributed by atoms with van der Waals surface area (Å²) in [7, 11) is -2.17. The Hall–Kier alpha value is -1.44. The lowest BCUT2D eigenvalue weighted by molar-refractivity contribution is -0.122. The molecule has 21 heavy (non-hydrogen) atoms. The molecular formula is C14H22N2O4S. The highest BCUT2D eigenvalue weighted by Gasteiger charge is 2.23. The zero-order valence-electron chi connectivity index (χ0n) is 12.5. The van der Waals surface area contributed by atoms with Crippen LogP contribution in [0.3, 0.4) is 0 Å². The molecule has 1 rings (SSSR count). The number of carbonyl (C=O) groups excluding carboxylic acids is 1. The first-order valence-corrected chi connectivity index (χ1v) is 8.24. The number of nitrogens with one attached hydrogen (secondary N) is 2. The molecule has 1 atom stereocenters. The Labute approximate surface area is 125 Å². The normalized spacial score (nSPS) is 12.9. The number of ether oxygens (including phenoxy) is 1. The summed E-state index contributed by atoms with van der Waals surface area (Å²) >= 11 is 0. The molecule has 1 aromatic rings. The van der Waals surface area contributed by atoms with Gasteiger partial charge in [-0.05, 0) is 25.5 Å². The number of amides is 1. The Kier molecular flexibility index (Phi) is 6.80. The summed E-state index contributed by atoms with van der Waals surface area (Å²) in [6.45, 7) is 4.35. The Morgan fingerprint density at radius 3 is 2.43 bits per heavy atom. The third kappa shape index (κ3) is 5.45. The van der Waals surface area contributed by atoms with Crippen molar-refractivity contribution in [1.29, 1.82) is 0 Å². The number of methoxy groups -OCH3 is 1. The number of hydrogen-bond donors (Lipinski definition) is 2. The molecule has 0 aliphatic heterocycles. The van der Waals surface area contributed by atoms with Crippen LogP contribution < -0.4 is 10.0 Å². The number of benzene rings is 1. The standard InChI is InChI=1S/C14H22N2O4S/c1-4-13(14(17)15-9-10-20-3)16-21(18,19)12-7-5-11(2)6-8-12/h5-8,13,16H,4,9-10H2,1-3H3,(H,15,17)/t13-/m0/s1. The van der Waals surface area contributed by atoms with Gasteiger partial charge >= 0.3 is 0 Å². The van der Waals surface area contributed by atoms with Crippen molar-refractivity contribution in [1.82, 2.24) is 10.0 Å². The van der Waals surface area contributed by atoms with Gasteiger partial charge < -0.3 is 10.1 Å². The summed E-state index contributed by atoms with van der Waals surface area (Å²) in [4.78, 5) is 12.1. The minimum Gasteiger partial charge on any atom is -0.383 e. The van der Waals surface area contributed by atoms with Crippen molar-refractivity contribution in [3.8, 4) is 0 Å². The first-order chi connectivity index (χ1) is 9.90. The Morgan fingerprint density at radius 2 is 1.90 bits per heavy atom. The molecule has 0 spiro atoms. The van der Waals surface area contributed by atoms with Gasteiger partial charge in [0.05, 0.1) is 11.5 Å². The minimum atomic E-state index is -3.71. The van der Waals surface area contributed by atoms with E-state index in [4.69, 9.17) is 4.74 Å². The van der Waals surface area contributed by atoms with E-state index in [0.717, 1.165) is 5.56 Å². The van der Waals surface area contributed by atoms with Crippen LogP contribution in [0.5, 0.6) is 0 Å². The van der Waals surface area contributed by atoms with Crippen LogP contribution >= 0.6 is 0 Å². The van der Waals surface area contributed by atoms with Crippen LogP contribution in [-0.2, 0) is 19.6 Å². The largest absolute Gasteiger partial charge is 0.383 e. The van der Waals surface area contributed by atoms with Crippen molar-refractivity contribution in [3.63, 3.8) is 0 Å². The second kappa shape index (κ2) is 8.11. The average molecular weight is 314 g/mol. The second-order valence-electron chi connectivity index (χ2n) is 4.68. The van der Waals surface area contributed by atoms with E-state index in [2.05, 4.69) is 10.0 Å². The van der Waals surface area contributed by atoms with Crippen LogP contribution in [0.15, 0.2) is 29.2 Å². The van der Waals surface area contributed by atoms with E-state index < -0.39 is 16.1 Å². The first-order valence-electron chi connectivity index (χ1n) is 6.76. The fraction of sp³-hybridized carbons (Fsp3) is 0.500. The number of hydrogen-bond acceptors (Lipinski definition) is 4. The SMILES string of the molecule is CC[C@H](NS(=O)(=O)c1ccc(C)cc1)C(=O)NCCOC. The Morgan fingerprint density at radius 1 is 1.29 bits per heavy atom. The number of aryl methyl sites for hydroxylation is 1. The third-order valence-corrected chi connectivity index (χ3v) is 4.45. The summed E-state index contributed by atoms with van der Waals surface area (Å²) in [5.41, 5.74) is 0.971. The maximum Gasteiger partial charge on any atom is 0.241 e. The Bertz CT molecular complexity index is 555. The van der Waals surface area contributed by atoms with Gasteiger partial charge in [0.1, 0.15) is 6.04 Å². The van der Waals surface area contributed by atoms with Crippen LogP contribution in [0.4, 0.5) is 0 Å².